The smallest absolute Gasteiger partial charge is 0.261 e. The molecule has 0 aromatic heterocycles. The molecule has 23 heavy (non-hydrogen) atoms. The molecule has 2 aromatic rings. The second-order valence-corrected chi connectivity index (χ2v) is 7.34. The summed E-state index contributed by atoms with van der Waals surface area (Å²) in [4.78, 5) is 13.2. The Morgan fingerprint density at radius 1 is 1.13 bits per heavy atom. The standard InChI is InChI=1S/C16H17ClN2O3S/c1-19(2)16(20)10-12-6-8-14(9-7-12)18-23(21,22)15-5-3-4-13(17)11-15/h3-9,11,18H,10H2,1-2H3. The van der Waals surface area contributed by atoms with Crippen LogP contribution in [0, 0.1) is 0 Å². The Hall–Kier alpha value is -2.05. The van der Waals surface area contributed by atoms with E-state index in [0.29, 0.717) is 10.7 Å². The number of nitrogens with zero attached hydrogens (tertiary/aromatic N) is 1. The predicted octanol–water partition coefficient (Wildman–Crippen LogP) is 2.77. The number of nitrogens with one attached hydrogen (secondary N) is 1. The molecule has 0 aliphatic heterocycles. The maximum absolute atomic E-state index is 12.3. The minimum absolute atomic E-state index is 0.0164. The van der Waals surface area contributed by atoms with Crippen LogP contribution >= 0.6 is 11.6 Å². The van der Waals surface area contributed by atoms with Crippen molar-refractivity contribution in [1.29, 1.82) is 0 Å². The van der Waals surface area contributed by atoms with E-state index in [1.165, 1.54) is 17.0 Å². The molecule has 0 bridgehead atoms. The van der Waals surface area contributed by atoms with Crippen LogP contribution in [-0.2, 0) is 21.2 Å². The Balaban J connectivity index is 2.13. The molecule has 0 aliphatic rings. The van der Waals surface area contributed by atoms with Gasteiger partial charge in [-0.2, -0.15) is 0 Å². The number of carbonyl (C=O) groups excluding carboxylic acids is 1. The van der Waals surface area contributed by atoms with Gasteiger partial charge in [0.15, 0.2) is 0 Å². The molecule has 0 unspecified atom stereocenters. The zero-order chi connectivity index (χ0) is 17.0. The van der Waals surface area contributed by atoms with Gasteiger partial charge in [0.1, 0.15) is 0 Å². The number of sulfonamides is 1. The summed E-state index contributed by atoms with van der Waals surface area (Å²) in [6.07, 6.45) is 0.272. The molecule has 5 nitrogen and oxygen atoms in total. The molecule has 7 heteroatoms. The van der Waals surface area contributed by atoms with Crippen LogP contribution in [0.3, 0.4) is 0 Å². The van der Waals surface area contributed by atoms with E-state index >= 15 is 0 Å². The third-order valence-corrected chi connectivity index (χ3v) is 4.78. The molecule has 0 atom stereocenters. The summed E-state index contributed by atoms with van der Waals surface area (Å²) in [5.74, 6) is -0.0164. The topological polar surface area (TPSA) is 66.5 Å². The first-order chi connectivity index (χ1) is 10.8. The van der Waals surface area contributed by atoms with Gasteiger partial charge >= 0.3 is 0 Å². The van der Waals surface area contributed by atoms with Gasteiger partial charge in [-0.25, -0.2) is 8.42 Å². The second kappa shape index (κ2) is 7.02. The van der Waals surface area contributed by atoms with E-state index in [-0.39, 0.29) is 17.2 Å². The Morgan fingerprint density at radius 3 is 2.35 bits per heavy atom. The van der Waals surface area contributed by atoms with Crippen LogP contribution in [0.5, 0.6) is 0 Å². The Kier molecular flexibility index (Phi) is 5.28. The van der Waals surface area contributed by atoms with Gasteiger partial charge in [0.05, 0.1) is 11.3 Å². The summed E-state index contributed by atoms with van der Waals surface area (Å²) in [6, 6.07) is 12.7. The zero-order valence-corrected chi connectivity index (χ0v) is 14.4. The van der Waals surface area contributed by atoms with Crippen LogP contribution in [-0.4, -0.2) is 33.3 Å². The van der Waals surface area contributed by atoms with Crippen molar-refractivity contribution in [3.63, 3.8) is 0 Å². The normalized spacial score (nSPS) is 11.1. The average molecular weight is 353 g/mol. The molecule has 122 valence electrons. The summed E-state index contributed by atoms with van der Waals surface area (Å²) in [5, 5.41) is 0.352. The van der Waals surface area contributed by atoms with E-state index in [1.54, 1.807) is 50.5 Å². The molecule has 0 saturated carbocycles. The van der Waals surface area contributed by atoms with Crippen LogP contribution in [0.15, 0.2) is 53.4 Å². The first kappa shape index (κ1) is 17.3. The van der Waals surface area contributed by atoms with Gasteiger partial charge < -0.3 is 4.90 Å². The van der Waals surface area contributed by atoms with Gasteiger partial charge in [-0.15, -0.1) is 0 Å². The number of amides is 1. The second-order valence-electron chi connectivity index (χ2n) is 5.22. The van der Waals surface area contributed by atoms with Crippen molar-refractivity contribution < 1.29 is 13.2 Å². The molecule has 0 radical (unpaired) electrons. The summed E-state index contributed by atoms with van der Waals surface area (Å²) in [5.41, 5.74) is 1.24. The quantitative estimate of drug-likeness (QED) is 0.899. The number of hydrogen-bond acceptors (Lipinski definition) is 3. The van der Waals surface area contributed by atoms with E-state index in [9.17, 15) is 13.2 Å². The maximum Gasteiger partial charge on any atom is 0.261 e. The lowest BCUT2D eigenvalue weighted by Gasteiger charge is -2.11. The van der Waals surface area contributed by atoms with Crippen molar-refractivity contribution >= 4 is 33.2 Å². The van der Waals surface area contributed by atoms with Crippen molar-refractivity contribution in [2.24, 2.45) is 0 Å². The van der Waals surface area contributed by atoms with E-state index in [2.05, 4.69) is 4.72 Å². The van der Waals surface area contributed by atoms with Crippen molar-refractivity contribution in [3.8, 4) is 0 Å². The molecule has 0 fully saturated rings. The van der Waals surface area contributed by atoms with Crippen molar-refractivity contribution in [2.75, 3.05) is 18.8 Å². The summed E-state index contributed by atoms with van der Waals surface area (Å²) in [6.45, 7) is 0. The maximum atomic E-state index is 12.3. The molecule has 1 N–H and O–H groups in total. The van der Waals surface area contributed by atoms with Crippen molar-refractivity contribution in [1.82, 2.24) is 4.90 Å². The third kappa shape index (κ3) is 4.71. The van der Waals surface area contributed by atoms with Gasteiger partial charge in [0.25, 0.3) is 10.0 Å². The Bertz CT molecular complexity index is 802. The fourth-order valence-electron chi connectivity index (χ4n) is 1.87. The first-order valence-electron chi connectivity index (χ1n) is 6.85. The van der Waals surface area contributed by atoms with Gasteiger partial charge in [-0.3, -0.25) is 9.52 Å². The van der Waals surface area contributed by atoms with Crippen molar-refractivity contribution in [3.05, 3.63) is 59.1 Å². The van der Waals surface area contributed by atoms with E-state index in [0.717, 1.165) is 5.56 Å². The molecule has 0 aliphatic carbocycles. The number of hydrogen-bond donors (Lipinski definition) is 1. The molecule has 1 amide bonds. The summed E-state index contributed by atoms with van der Waals surface area (Å²) in [7, 11) is -0.314. The summed E-state index contributed by atoms with van der Waals surface area (Å²) < 4.78 is 27.0. The van der Waals surface area contributed by atoms with Crippen molar-refractivity contribution in [2.45, 2.75) is 11.3 Å². The fraction of sp³-hybridized carbons (Fsp3) is 0.188. The lowest BCUT2D eigenvalue weighted by atomic mass is 10.1. The summed E-state index contributed by atoms with van der Waals surface area (Å²) >= 11 is 5.82. The Labute approximate surface area is 140 Å². The fourth-order valence-corrected chi connectivity index (χ4v) is 3.23. The molecule has 0 saturated heterocycles. The zero-order valence-electron chi connectivity index (χ0n) is 12.8. The lowest BCUT2D eigenvalue weighted by molar-refractivity contribution is -0.127. The molecular formula is C16H17ClN2O3S. The Morgan fingerprint density at radius 2 is 1.78 bits per heavy atom. The third-order valence-electron chi connectivity index (χ3n) is 3.17. The van der Waals surface area contributed by atoms with Crippen LogP contribution in [0.1, 0.15) is 5.56 Å². The first-order valence-corrected chi connectivity index (χ1v) is 8.71. The van der Waals surface area contributed by atoms with Crippen LogP contribution in [0.2, 0.25) is 5.02 Å². The van der Waals surface area contributed by atoms with Gasteiger partial charge in [-0.1, -0.05) is 29.8 Å². The molecular weight excluding hydrogens is 336 g/mol. The van der Waals surface area contributed by atoms with Gasteiger partial charge in [0, 0.05) is 24.8 Å². The highest BCUT2D eigenvalue weighted by molar-refractivity contribution is 7.92. The molecule has 2 aromatic carbocycles. The van der Waals surface area contributed by atoms with Gasteiger partial charge in [-0.05, 0) is 35.9 Å². The number of rotatable bonds is 5. The number of halogens is 1. The van der Waals surface area contributed by atoms with Crippen LogP contribution in [0.25, 0.3) is 0 Å². The van der Waals surface area contributed by atoms with E-state index in [1.807, 2.05) is 0 Å². The largest absolute Gasteiger partial charge is 0.349 e. The monoisotopic (exact) mass is 352 g/mol. The van der Waals surface area contributed by atoms with Crippen LogP contribution < -0.4 is 4.72 Å². The minimum Gasteiger partial charge on any atom is -0.349 e. The molecule has 0 heterocycles. The average Bonchev–Trinajstić information content (AvgIpc) is 2.49. The van der Waals surface area contributed by atoms with E-state index < -0.39 is 10.0 Å². The molecule has 2 rings (SSSR count). The minimum atomic E-state index is -3.69. The SMILES string of the molecule is CN(C)C(=O)Cc1ccc(NS(=O)(=O)c2cccc(Cl)c2)cc1. The highest BCUT2D eigenvalue weighted by Gasteiger charge is 2.14. The lowest BCUT2D eigenvalue weighted by Crippen LogP contribution is -2.23. The number of carbonyl (C=O) groups is 1. The molecule has 0 spiro atoms. The van der Waals surface area contributed by atoms with Crippen LogP contribution in [0.4, 0.5) is 5.69 Å². The predicted molar refractivity (Wildman–Crippen MR) is 91.1 cm³/mol. The highest BCUT2D eigenvalue weighted by atomic mass is 35.5. The van der Waals surface area contributed by atoms with Gasteiger partial charge in [0.2, 0.25) is 5.91 Å². The number of benzene rings is 2. The van der Waals surface area contributed by atoms with E-state index in [4.69, 9.17) is 11.6 Å². The highest BCUT2D eigenvalue weighted by Crippen LogP contribution is 2.19. The number of likely N-dealkylation sites (N-methyl/N-ethyl adjacent to an activating group) is 1. The number of anilines is 1.